The predicted octanol–water partition coefficient (Wildman–Crippen LogP) is 11.0. The Hall–Kier alpha value is -5.91. The van der Waals surface area contributed by atoms with E-state index in [-0.39, 0.29) is 0 Å². The zero-order chi connectivity index (χ0) is 31.2. The van der Waals surface area contributed by atoms with E-state index in [0.717, 1.165) is 33.9 Å². The van der Waals surface area contributed by atoms with Crippen molar-refractivity contribution in [1.29, 1.82) is 5.26 Å². The molecule has 2 nitrogen and oxygen atoms in total. The molecule has 6 aromatic carbocycles. The highest BCUT2D eigenvalue weighted by molar-refractivity contribution is 6.22. The molecule has 2 heteroatoms. The maximum atomic E-state index is 9.75. The number of nitrogens with two attached hydrogens (primary N) is 1. The summed E-state index contributed by atoms with van der Waals surface area (Å²) in [6.45, 7) is 5.70. The molecule has 0 spiro atoms. The van der Waals surface area contributed by atoms with Gasteiger partial charge in [-0.25, -0.2) is 0 Å². The number of rotatable bonds is 8. The number of hydrogen-bond donors (Lipinski definition) is 1. The standard InChI is InChI=1S/C43H34N2/c1-3-5-7-15-30-16-12-19-33(26-30)42-38-23-11-10-22-37(38)41(34-20-13-21-35(27-34)43(45)36(29-44)14-4-2)39-25-24-32(28-40(39)42)31-17-8-6-9-18-31/h3-14,16-28H,1,15,45H2,2H3/b7-5-,14-4-,43-36+. The Bertz CT molecular complexity index is 2170. The van der Waals surface area contributed by atoms with Crippen molar-refractivity contribution >= 4 is 27.2 Å². The first kappa shape index (κ1) is 29.2. The Morgan fingerprint density at radius 3 is 2.04 bits per heavy atom. The molecule has 0 amide bonds. The quantitative estimate of drug-likeness (QED) is 0.111. The van der Waals surface area contributed by atoms with Crippen molar-refractivity contribution in [2.24, 2.45) is 5.73 Å². The summed E-state index contributed by atoms with van der Waals surface area (Å²) < 4.78 is 0. The Morgan fingerprint density at radius 1 is 0.689 bits per heavy atom. The van der Waals surface area contributed by atoms with Gasteiger partial charge in [-0.2, -0.15) is 5.26 Å². The second-order valence-electron chi connectivity index (χ2n) is 11.0. The lowest BCUT2D eigenvalue weighted by Crippen LogP contribution is -2.00. The van der Waals surface area contributed by atoms with E-state index in [9.17, 15) is 5.26 Å². The van der Waals surface area contributed by atoms with E-state index < -0.39 is 0 Å². The molecule has 0 aliphatic rings. The zero-order valence-electron chi connectivity index (χ0n) is 25.4. The summed E-state index contributed by atoms with van der Waals surface area (Å²) in [6, 6.07) is 45.3. The molecule has 6 rings (SSSR count). The molecular weight excluding hydrogens is 544 g/mol. The molecule has 0 fully saturated rings. The summed E-state index contributed by atoms with van der Waals surface area (Å²) in [5, 5.41) is 14.4. The van der Waals surface area contributed by atoms with Gasteiger partial charge in [0, 0.05) is 0 Å². The number of hydrogen-bond acceptors (Lipinski definition) is 2. The van der Waals surface area contributed by atoms with Crippen LogP contribution in [-0.4, -0.2) is 0 Å². The van der Waals surface area contributed by atoms with Crippen LogP contribution in [0.3, 0.4) is 0 Å². The first-order valence-corrected chi connectivity index (χ1v) is 15.2. The first-order valence-electron chi connectivity index (χ1n) is 15.2. The Morgan fingerprint density at radius 2 is 1.33 bits per heavy atom. The van der Waals surface area contributed by atoms with Gasteiger partial charge >= 0.3 is 0 Å². The summed E-state index contributed by atoms with van der Waals surface area (Å²) in [5.41, 5.74) is 16.5. The summed E-state index contributed by atoms with van der Waals surface area (Å²) >= 11 is 0. The normalized spacial score (nSPS) is 12.1. The molecule has 0 heterocycles. The molecular formula is C43H34N2. The third kappa shape index (κ3) is 5.85. The predicted molar refractivity (Wildman–Crippen MR) is 192 cm³/mol. The third-order valence-corrected chi connectivity index (χ3v) is 8.18. The van der Waals surface area contributed by atoms with E-state index in [1.165, 1.54) is 38.6 Å². The van der Waals surface area contributed by atoms with E-state index in [2.05, 4.69) is 128 Å². The van der Waals surface area contributed by atoms with E-state index in [0.29, 0.717) is 11.3 Å². The Kier molecular flexibility index (Phi) is 8.53. The fraction of sp³-hybridized carbons (Fsp3) is 0.0465. The van der Waals surface area contributed by atoms with Crippen LogP contribution in [0.25, 0.3) is 60.6 Å². The Labute approximate surface area is 265 Å². The van der Waals surface area contributed by atoms with Crippen LogP contribution in [0.4, 0.5) is 0 Å². The van der Waals surface area contributed by atoms with Crippen molar-refractivity contribution in [1.82, 2.24) is 0 Å². The SMILES string of the molecule is C=C/C=C\Cc1cccc(-c2c3ccccc3c(-c3cccc(/C(N)=C(C#N)/C=C\C)c3)c3ccc(-c4ccccc4)cc23)c1. The molecule has 0 unspecified atom stereocenters. The van der Waals surface area contributed by atoms with Gasteiger partial charge in [0.2, 0.25) is 0 Å². The lowest BCUT2D eigenvalue weighted by molar-refractivity contribution is 1.27. The number of nitriles is 1. The number of benzene rings is 6. The molecule has 0 saturated heterocycles. The van der Waals surface area contributed by atoms with Crippen molar-refractivity contribution in [3.05, 3.63) is 175 Å². The fourth-order valence-electron chi connectivity index (χ4n) is 6.12. The van der Waals surface area contributed by atoms with E-state index in [1.807, 2.05) is 37.3 Å². The van der Waals surface area contributed by atoms with Gasteiger partial charge in [0.05, 0.1) is 11.3 Å². The maximum absolute atomic E-state index is 9.75. The van der Waals surface area contributed by atoms with Crippen molar-refractivity contribution < 1.29 is 0 Å². The first-order chi connectivity index (χ1) is 22.1. The van der Waals surface area contributed by atoms with Gasteiger partial charge in [0.15, 0.2) is 0 Å². The summed E-state index contributed by atoms with van der Waals surface area (Å²) in [5.74, 6) is 0. The average molecular weight is 579 g/mol. The van der Waals surface area contributed by atoms with Crippen LogP contribution < -0.4 is 5.73 Å². The number of allylic oxidation sites excluding steroid dienone is 6. The van der Waals surface area contributed by atoms with Gasteiger partial charge in [-0.3, -0.25) is 0 Å². The average Bonchev–Trinajstić information content (AvgIpc) is 3.09. The number of nitrogens with zero attached hydrogens (tertiary/aromatic N) is 1. The molecule has 0 aliphatic heterocycles. The molecule has 6 aromatic rings. The summed E-state index contributed by atoms with van der Waals surface area (Å²) in [6.07, 6.45) is 10.4. The second-order valence-corrected chi connectivity index (χ2v) is 11.0. The largest absolute Gasteiger partial charge is 0.397 e. The summed E-state index contributed by atoms with van der Waals surface area (Å²) in [7, 11) is 0. The topological polar surface area (TPSA) is 49.8 Å². The van der Waals surface area contributed by atoms with Crippen LogP contribution in [0.5, 0.6) is 0 Å². The lowest BCUT2D eigenvalue weighted by atomic mass is 9.84. The van der Waals surface area contributed by atoms with Gasteiger partial charge in [-0.05, 0) is 97.6 Å². The van der Waals surface area contributed by atoms with E-state index in [4.69, 9.17) is 5.73 Å². The van der Waals surface area contributed by atoms with Gasteiger partial charge in [-0.1, -0.05) is 140 Å². The smallest absolute Gasteiger partial charge is 0.101 e. The molecule has 0 bridgehead atoms. The van der Waals surface area contributed by atoms with Crippen molar-refractivity contribution in [3.8, 4) is 39.4 Å². The molecule has 0 atom stereocenters. The third-order valence-electron chi connectivity index (χ3n) is 8.18. The maximum Gasteiger partial charge on any atom is 0.101 e. The minimum atomic E-state index is 0.454. The van der Waals surface area contributed by atoms with Crippen LogP contribution in [0.2, 0.25) is 0 Å². The molecule has 45 heavy (non-hydrogen) atoms. The lowest BCUT2D eigenvalue weighted by Gasteiger charge is -2.19. The van der Waals surface area contributed by atoms with Crippen LogP contribution >= 0.6 is 0 Å². The highest BCUT2D eigenvalue weighted by Crippen LogP contribution is 2.45. The van der Waals surface area contributed by atoms with Crippen LogP contribution in [0.15, 0.2) is 164 Å². The van der Waals surface area contributed by atoms with Crippen LogP contribution in [0.1, 0.15) is 18.1 Å². The van der Waals surface area contributed by atoms with E-state index >= 15 is 0 Å². The summed E-state index contributed by atoms with van der Waals surface area (Å²) in [4.78, 5) is 0. The monoisotopic (exact) mass is 578 g/mol. The minimum absolute atomic E-state index is 0.454. The van der Waals surface area contributed by atoms with Crippen LogP contribution in [-0.2, 0) is 6.42 Å². The van der Waals surface area contributed by atoms with Gasteiger partial charge < -0.3 is 5.73 Å². The van der Waals surface area contributed by atoms with Gasteiger partial charge in [-0.15, -0.1) is 0 Å². The Balaban J connectivity index is 1.68. The van der Waals surface area contributed by atoms with Crippen molar-refractivity contribution in [3.63, 3.8) is 0 Å². The molecule has 216 valence electrons. The minimum Gasteiger partial charge on any atom is -0.397 e. The second kappa shape index (κ2) is 13.2. The van der Waals surface area contributed by atoms with Crippen molar-refractivity contribution in [2.45, 2.75) is 13.3 Å². The molecule has 0 saturated carbocycles. The highest BCUT2D eigenvalue weighted by Gasteiger charge is 2.18. The highest BCUT2D eigenvalue weighted by atomic mass is 14.6. The zero-order valence-corrected chi connectivity index (χ0v) is 25.4. The molecule has 0 radical (unpaired) electrons. The number of fused-ring (bicyclic) bond motifs is 2. The van der Waals surface area contributed by atoms with E-state index in [1.54, 1.807) is 6.08 Å². The molecule has 0 aromatic heterocycles. The van der Waals surface area contributed by atoms with Gasteiger partial charge in [0.1, 0.15) is 6.07 Å². The van der Waals surface area contributed by atoms with Crippen molar-refractivity contribution in [2.75, 3.05) is 0 Å². The fourth-order valence-corrected chi connectivity index (χ4v) is 6.12. The molecule has 0 aliphatic carbocycles. The molecule has 2 N–H and O–H groups in total. The van der Waals surface area contributed by atoms with Gasteiger partial charge in [0.25, 0.3) is 0 Å². The van der Waals surface area contributed by atoms with Crippen LogP contribution in [0, 0.1) is 11.3 Å².